The third kappa shape index (κ3) is 1.70. The van der Waals surface area contributed by atoms with E-state index in [0.29, 0.717) is 6.04 Å². The molecule has 1 aromatic rings. The molecule has 1 saturated heterocycles. The number of anilines is 1. The largest absolute Gasteiger partial charge is 0.350 e. The van der Waals surface area contributed by atoms with Gasteiger partial charge in [0.25, 0.3) is 0 Å². The summed E-state index contributed by atoms with van der Waals surface area (Å²) in [7, 11) is 0. The quantitative estimate of drug-likeness (QED) is 0.707. The van der Waals surface area contributed by atoms with Crippen LogP contribution in [0.2, 0.25) is 0 Å². The molecular formula is C10H16N4. The van der Waals surface area contributed by atoms with E-state index < -0.39 is 0 Å². The van der Waals surface area contributed by atoms with Gasteiger partial charge >= 0.3 is 0 Å². The van der Waals surface area contributed by atoms with Crippen molar-refractivity contribution < 1.29 is 0 Å². The summed E-state index contributed by atoms with van der Waals surface area (Å²) in [5, 5.41) is 3.36. The van der Waals surface area contributed by atoms with Gasteiger partial charge in [-0.15, -0.1) is 0 Å². The van der Waals surface area contributed by atoms with Crippen molar-refractivity contribution in [3.8, 4) is 0 Å². The Morgan fingerprint density at radius 1 is 1.43 bits per heavy atom. The highest BCUT2D eigenvalue weighted by atomic mass is 15.3. The predicted molar refractivity (Wildman–Crippen MR) is 56.4 cm³/mol. The van der Waals surface area contributed by atoms with Crippen LogP contribution in [0.4, 0.5) is 5.82 Å². The molecule has 1 fully saturated rings. The van der Waals surface area contributed by atoms with E-state index in [-0.39, 0.29) is 0 Å². The molecule has 0 unspecified atom stereocenters. The Morgan fingerprint density at radius 3 is 2.93 bits per heavy atom. The van der Waals surface area contributed by atoms with Crippen molar-refractivity contribution >= 4 is 5.82 Å². The average Bonchev–Trinajstić information content (AvgIpc) is 2.20. The Hall–Kier alpha value is -1.16. The SMILES string of the molecule is Cc1nccnc1N1CCNC[C@H]1C. The van der Waals surface area contributed by atoms with Gasteiger partial charge in [0, 0.05) is 38.1 Å². The van der Waals surface area contributed by atoms with Crippen LogP contribution in [-0.4, -0.2) is 35.6 Å². The lowest BCUT2D eigenvalue weighted by Gasteiger charge is -2.35. The summed E-state index contributed by atoms with van der Waals surface area (Å²) in [5.41, 5.74) is 1.02. The van der Waals surface area contributed by atoms with Crippen LogP contribution in [0, 0.1) is 6.92 Å². The molecule has 4 heteroatoms. The van der Waals surface area contributed by atoms with Crippen molar-refractivity contribution in [1.82, 2.24) is 15.3 Å². The van der Waals surface area contributed by atoms with Crippen molar-refractivity contribution in [2.24, 2.45) is 0 Å². The number of nitrogens with zero attached hydrogens (tertiary/aromatic N) is 3. The maximum atomic E-state index is 4.39. The van der Waals surface area contributed by atoms with Crippen molar-refractivity contribution in [2.75, 3.05) is 24.5 Å². The highest BCUT2D eigenvalue weighted by Crippen LogP contribution is 2.17. The van der Waals surface area contributed by atoms with Crippen molar-refractivity contribution in [1.29, 1.82) is 0 Å². The molecule has 0 radical (unpaired) electrons. The van der Waals surface area contributed by atoms with Crippen LogP contribution in [0.1, 0.15) is 12.6 Å². The van der Waals surface area contributed by atoms with Gasteiger partial charge in [0.15, 0.2) is 0 Å². The molecular weight excluding hydrogens is 176 g/mol. The fourth-order valence-electron chi connectivity index (χ4n) is 1.84. The lowest BCUT2D eigenvalue weighted by molar-refractivity contribution is 0.495. The van der Waals surface area contributed by atoms with Gasteiger partial charge in [0.2, 0.25) is 0 Å². The fourth-order valence-corrected chi connectivity index (χ4v) is 1.84. The summed E-state index contributed by atoms with van der Waals surface area (Å²) >= 11 is 0. The van der Waals surface area contributed by atoms with Crippen molar-refractivity contribution in [3.05, 3.63) is 18.1 Å². The maximum Gasteiger partial charge on any atom is 0.150 e. The lowest BCUT2D eigenvalue weighted by atomic mass is 10.2. The number of rotatable bonds is 1. The van der Waals surface area contributed by atoms with Crippen molar-refractivity contribution in [3.63, 3.8) is 0 Å². The number of aryl methyl sites for hydroxylation is 1. The van der Waals surface area contributed by atoms with Crippen LogP contribution in [0.5, 0.6) is 0 Å². The molecule has 2 heterocycles. The van der Waals surface area contributed by atoms with Gasteiger partial charge in [-0.2, -0.15) is 0 Å². The standard InChI is InChI=1S/C10H16N4/c1-8-7-11-5-6-14(8)10-9(2)12-3-4-13-10/h3-4,8,11H,5-7H2,1-2H3/t8-/m1/s1. The number of aromatic nitrogens is 2. The van der Waals surface area contributed by atoms with E-state index in [2.05, 4.69) is 27.1 Å². The maximum absolute atomic E-state index is 4.39. The van der Waals surface area contributed by atoms with Gasteiger partial charge in [-0.3, -0.25) is 4.98 Å². The topological polar surface area (TPSA) is 41.1 Å². The number of nitrogens with one attached hydrogen (secondary N) is 1. The minimum absolute atomic E-state index is 0.499. The lowest BCUT2D eigenvalue weighted by Crippen LogP contribution is -2.50. The second-order valence-corrected chi connectivity index (χ2v) is 3.71. The summed E-state index contributed by atoms with van der Waals surface area (Å²) in [6, 6.07) is 0.499. The Bertz CT molecular complexity index is 313. The Labute approximate surface area is 84.4 Å². The number of piperazine rings is 1. The first kappa shape index (κ1) is 9.40. The number of hydrogen-bond acceptors (Lipinski definition) is 4. The van der Waals surface area contributed by atoms with E-state index in [4.69, 9.17) is 0 Å². The zero-order valence-corrected chi connectivity index (χ0v) is 8.70. The van der Waals surface area contributed by atoms with E-state index in [0.717, 1.165) is 31.1 Å². The van der Waals surface area contributed by atoms with Gasteiger partial charge in [0.05, 0.1) is 5.69 Å². The monoisotopic (exact) mass is 192 g/mol. The van der Waals surface area contributed by atoms with Crippen LogP contribution in [-0.2, 0) is 0 Å². The smallest absolute Gasteiger partial charge is 0.150 e. The van der Waals surface area contributed by atoms with Crippen LogP contribution >= 0.6 is 0 Å². The third-order valence-corrected chi connectivity index (χ3v) is 2.63. The van der Waals surface area contributed by atoms with Crippen LogP contribution in [0.15, 0.2) is 12.4 Å². The van der Waals surface area contributed by atoms with Crippen molar-refractivity contribution in [2.45, 2.75) is 19.9 Å². The molecule has 0 spiro atoms. The summed E-state index contributed by atoms with van der Waals surface area (Å²) < 4.78 is 0. The first-order valence-corrected chi connectivity index (χ1v) is 5.04. The molecule has 1 aliphatic heterocycles. The molecule has 14 heavy (non-hydrogen) atoms. The summed E-state index contributed by atoms with van der Waals surface area (Å²) in [4.78, 5) is 11.0. The molecule has 1 aliphatic rings. The molecule has 1 aromatic heterocycles. The second kappa shape index (κ2) is 3.92. The molecule has 1 N–H and O–H groups in total. The third-order valence-electron chi connectivity index (χ3n) is 2.63. The van der Waals surface area contributed by atoms with Gasteiger partial charge in [-0.05, 0) is 13.8 Å². The molecule has 0 aromatic carbocycles. The molecule has 0 aliphatic carbocycles. The molecule has 4 nitrogen and oxygen atoms in total. The van der Waals surface area contributed by atoms with E-state index >= 15 is 0 Å². The summed E-state index contributed by atoms with van der Waals surface area (Å²) in [6.45, 7) is 7.29. The Balaban J connectivity index is 2.25. The molecule has 0 saturated carbocycles. The number of hydrogen-bond donors (Lipinski definition) is 1. The van der Waals surface area contributed by atoms with Crippen LogP contribution in [0.25, 0.3) is 0 Å². The minimum Gasteiger partial charge on any atom is -0.350 e. The zero-order valence-electron chi connectivity index (χ0n) is 8.70. The molecule has 0 amide bonds. The zero-order chi connectivity index (χ0) is 9.97. The first-order valence-electron chi connectivity index (χ1n) is 5.04. The van der Waals surface area contributed by atoms with Gasteiger partial charge in [-0.25, -0.2) is 4.98 Å². The highest BCUT2D eigenvalue weighted by Gasteiger charge is 2.20. The molecule has 0 bridgehead atoms. The summed E-state index contributed by atoms with van der Waals surface area (Å²) in [5.74, 6) is 1.03. The average molecular weight is 192 g/mol. The minimum atomic E-state index is 0.499. The van der Waals surface area contributed by atoms with E-state index in [9.17, 15) is 0 Å². The van der Waals surface area contributed by atoms with Crippen LogP contribution < -0.4 is 10.2 Å². The van der Waals surface area contributed by atoms with Gasteiger partial charge in [0.1, 0.15) is 5.82 Å². The van der Waals surface area contributed by atoms with Gasteiger partial charge < -0.3 is 10.2 Å². The molecule has 76 valence electrons. The normalized spacial score (nSPS) is 22.4. The molecule has 2 rings (SSSR count). The van der Waals surface area contributed by atoms with E-state index in [1.54, 1.807) is 12.4 Å². The van der Waals surface area contributed by atoms with E-state index in [1.807, 2.05) is 6.92 Å². The molecule has 1 atom stereocenters. The Morgan fingerprint density at radius 2 is 2.21 bits per heavy atom. The Kier molecular flexibility index (Phi) is 2.63. The summed E-state index contributed by atoms with van der Waals surface area (Å²) in [6.07, 6.45) is 3.50. The predicted octanol–water partition coefficient (Wildman–Crippen LogP) is 0.583. The highest BCUT2D eigenvalue weighted by molar-refractivity contribution is 5.43. The fraction of sp³-hybridized carbons (Fsp3) is 0.600. The van der Waals surface area contributed by atoms with E-state index in [1.165, 1.54) is 0 Å². The van der Waals surface area contributed by atoms with Gasteiger partial charge in [-0.1, -0.05) is 0 Å². The van der Waals surface area contributed by atoms with Crippen LogP contribution in [0.3, 0.4) is 0 Å². The first-order chi connectivity index (χ1) is 6.79. The second-order valence-electron chi connectivity index (χ2n) is 3.71.